The lowest BCUT2D eigenvalue weighted by Gasteiger charge is -2.48. The van der Waals surface area contributed by atoms with Crippen molar-refractivity contribution >= 4 is 5.91 Å². The van der Waals surface area contributed by atoms with Gasteiger partial charge in [0.2, 0.25) is 6.29 Å². The number of hydrogen-bond donors (Lipinski definition) is 4. The zero-order valence-corrected chi connectivity index (χ0v) is 19.4. The van der Waals surface area contributed by atoms with Gasteiger partial charge in [0.15, 0.2) is 6.29 Å². The van der Waals surface area contributed by atoms with Crippen molar-refractivity contribution in [2.75, 3.05) is 20.3 Å². The third kappa shape index (κ3) is 4.04. The van der Waals surface area contributed by atoms with Crippen molar-refractivity contribution in [1.82, 2.24) is 4.90 Å². The van der Waals surface area contributed by atoms with Gasteiger partial charge in [0.1, 0.15) is 30.2 Å². The lowest BCUT2D eigenvalue weighted by atomic mass is 9.73. The number of rotatable bonds is 5. The maximum absolute atomic E-state index is 13.4. The van der Waals surface area contributed by atoms with Gasteiger partial charge < -0.3 is 44.3 Å². The topological polar surface area (TPSA) is 138 Å². The lowest BCUT2D eigenvalue weighted by Crippen LogP contribution is -2.60. The van der Waals surface area contributed by atoms with Crippen molar-refractivity contribution < 1.29 is 44.2 Å². The van der Waals surface area contributed by atoms with Crippen LogP contribution >= 0.6 is 0 Å². The number of ether oxygens (including phenoxy) is 4. The van der Waals surface area contributed by atoms with Crippen molar-refractivity contribution in [3.05, 3.63) is 53.8 Å². The van der Waals surface area contributed by atoms with Crippen molar-refractivity contribution in [2.45, 2.75) is 55.9 Å². The summed E-state index contributed by atoms with van der Waals surface area (Å²) in [6.07, 6.45) is -3.60. The number of amides is 1. The molecule has 10 heteroatoms. The van der Waals surface area contributed by atoms with E-state index in [4.69, 9.17) is 18.9 Å². The number of benzene rings is 1. The molecule has 4 heterocycles. The monoisotopic (exact) mass is 489 g/mol. The van der Waals surface area contributed by atoms with E-state index in [9.17, 15) is 25.2 Å². The van der Waals surface area contributed by atoms with Crippen LogP contribution in [0.4, 0.5) is 0 Å². The van der Waals surface area contributed by atoms with E-state index in [2.05, 4.69) is 6.58 Å². The number of hydrogen-bond acceptors (Lipinski definition) is 9. The van der Waals surface area contributed by atoms with Crippen LogP contribution in [-0.2, 0) is 25.4 Å². The van der Waals surface area contributed by atoms with Crippen LogP contribution in [0.3, 0.4) is 0 Å². The minimum absolute atomic E-state index is 0.0918. The van der Waals surface area contributed by atoms with E-state index in [1.165, 1.54) is 6.26 Å². The van der Waals surface area contributed by atoms with Gasteiger partial charge in [-0.05, 0) is 36.1 Å². The SMILES string of the molecule is C=C[C@H]1[C@H](O[C@@H]2O[C@H](CO)[C@@H](O)[C@H](O)[C@H]2O)OC=C2C(=O)N3CCc4cc(OC)ccc4[C@H]3C[C@H]21. The number of carbonyl (C=O) groups is 1. The van der Waals surface area contributed by atoms with Gasteiger partial charge in [-0.1, -0.05) is 12.1 Å². The number of fused-ring (bicyclic) bond motifs is 4. The molecular formula is C25H31NO9. The van der Waals surface area contributed by atoms with Gasteiger partial charge >= 0.3 is 0 Å². The summed E-state index contributed by atoms with van der Waals surface area (Å²) in [6.45, 7) is 3.96. The predicted octanol–water partition coefficient (Wildman–Crippen LogP) is -0.000200. The molecule has 4 aliphatic rings. The van der Waals surface area contributed by atoms with Gasteiger partial charge in [0.25, 0.3) is 5.91 Å². The Kier molecular flexibility index (Phi) is 6.60. The highest BCUT2D eigenvalue weighted by atomic mass is 16.8. The first-order chi connectivity index (χ1) is 16.9. The highest BCUT2D eigenvalue weighted by Crippen LogP contribution is 2.48. The lowest BCUT2D eigenvalue weighted by molar-refractivity contribution is -0.339. The molecule has 0 spiro atoms. The smallest absolute Gasteiger partial charge is 0.253 e. The zero-order valence-electron chi connectivity index (χ0n) is 19.4. The molecule has 1 aromatic carbocycles. The quantitative estimate of drug-likeness (QED) is 0.421. The average Bonchev–Trinajstić information content (AvgIpc) is 2.88. The Morgan fingerprint density at radius 1 is 1.20 bits per heavy atom. The molecule has 2 saturated heterocycles. The molecule has 1 aromatic rings. The van der Waals surface area contributed by atoms with E-state index < -0.39 is 49.5 Å². The summed E-state index contributed by atoms with van der Waals surface area (Å²) in [5.74, 6) is -0.0103. The molecule has 0 aromatic heterocycles. The molecule has 9 atom stereocenters. The Morgan fingerprint density at radius 3 is 2.71 bits per heavy atom. The van der Waals surface area contributed by atoms with Crippen LogP contribution in [-0.4, -0.2) is 88.5 Å². The largest absolute Gasteiger partial charge is 0.497 e. The summed E-state index contributed by atoms with van der Waals surface area (Å²) in [5.41, 5.74) is 2.78. The van der Waals surface area contributed by atoms with Crippen LogP contribution in [0.2, 0.25) is 0 Å². The van der Waals surface area contributed by atoms with Gasteiger partial charge in [0.05, 0.1) is 31.6 Å². The van der Waals surface area contributed by atoms with Crippen molar-refractivity contribution in [3.8, 4) is 5.75 Å². The normalized spacial score (nSPS) is 38.4. The summed E-state index contributed by atoms with van der Waals surface area (Å²) in [4.78, 5) is 15.3. The van der Waals surface area contributed by atoms with E-state index in [0.29, 0.717) is 18.5 Å². The molecule has 4 aliphatic heterocycles. The highest BCUT2D eigenvalue weighted by molar-refractivity contribution is 5.95. The van der Waals surface area contributed by atoms with Crippen molar-refractivity contribution in [3.63, 3.8) is 0 Å². The molecule has 0 aliphatic carbocycles. The molecule has 0 bridgehead atoms. The second-order valence-corrected chi connectivity index (χ2v) is 9.40. The minimum atomic E-state index is -1.57. The van der Waals surface area contributed by atoms with Crippen LogP contribution in [0.25, 0.3) is 0 Å². The summed E-state index contributed by atoms with van der Waals surface area (Å²) in [6, 6.07) is 5.81. The van der Waals surface area contributed by atoms with E-state index in [1.54, 1.807) is 13.2 Å². The highest BCUT2D eigenvalue weighted by Gasteiger charge is 2.50. The molecule has 190 valence electrons. The molecular weight excluding hydrogens is 458 g/mol. The molecule has 10 nitrogen and oxygen atoms in total. The molecule has 5 rings (SSSR count). The van der Waals surface area contributed by atoms with E-state index >= 15 is 0 Å². The number of carbonyl (C=O) groups excluding carboxylic acids is 1. The average molecular weight is 490 g/mol. The second-order valence-electron chi connectivity index (χ2n) is 9.40. The van der Waals surface area contributed by atoms with Crippen LogP contribution in [0.1, 0.15) is 23.6 Å². The van der Waals surface area contributed by atoms with Crippen LogP contribution < -0.4 is 4.74 Å². The molecule has 4 N–H and O–H groups in total. The van der Waals surface area contributed by atoms with Crippen LogP contribution in [0.5, 0.6) is 5.75 Å². The Bertz CT molecular complexity index is 1010. The molecule has 2 fully saturated rings. The molecule has 0 unspecified atom stereocenters. The van der Waals surface area contributed by atoms with Gasteiger partial charge in [0, 0.05) is 18.4 Å². The summed E-state index contributed by atoms with van der Waals surface area (Å²) >= 11 is 0. The minimum Gasteiger partial charge on any atom is -0.497 e. The summed E-state index contributed by atoms with van der Waals surface area (Å²) in [5, 5.41) is 40.0. The van der Waals surface area contributed by atoms with Crippen molar-refractivity contribution in [1.29, 1.82) is 0 Å². The molecule has 0 saturated carbocycles. The maximum atomic E-state index is 13.4. The molecule has 1 amide bonds. The Morgan fingerprint density at radius 2 is 2.00 bits per heavy atom. The van der Waals surface area contributed by atoms with E-state index in [1.807, 2.05) is 23.1 Å². The first-order valence-corrected chi connectivity index (χ1v) is 11.8. The van der Waals surface area contributed by atoms with E-state index in [-0.39, 0.29) is 17.9 Å². The molecule has 35 heavy (non-hydrogen) atoms. The van der Waals surface area contributed by atoms with Gasteiger partial charge in [-0.3, -0.25) is 4.79 Å². The number of methoxy groups -OCH3 is 1. The maximum Gasteiger partial charge on any atom is 0.253 e. The fourth-order valence-corrected chi connectivity index (χ4v) is 5.64. The Balaban J connectivity index is 1.39. The van der Waals surface area contributed by atoms with Gasteiger partial charge in [-0.15, -0.1) is 6.58 Å². The Hall–Kier alpha value is -2.47. The number of aliphatic hydroxyl groups is 4. The predicted molar refractivity (Wildman–Crippen MR) is 121 cm³/mol. The zero-order chi connectivity index (χ0) is 24.9. The standard InChI is InChI=1S/C25H31NO9/c1-3-14-16-9-18-15-5-4-13(32-2)8-12(15)6-7-26(18)23(31)17(16)11-33-24(14)35-25-22(30)21(29)20(28)19(10-27)34-25/h3-5,8,11,14,16,18-22,24-25,27-30H,1,6-7,9-10H2,2H3/t14-,16+,18-,19-,20-,21+,22-,24+,25+/m1/s1. The summed E-state index contributed by atoms with van der Waals surface area (Å²) in [7, 11) is 1.63. The second kappa shape index (κ2) is 9.53. The number of aliphatic hydroxyl groups excluding tert-OH is 4. The van der Waals surface area contributed by atoms with Crippen LogP contribution in [0.15, 0.2) is 42.7 Å². The summed E-state index contributed by atoms with van der Waals surface area (Å²) < 4.78 is 22.5. The van der Waals surface area contributed by atoms with E-state index in [0.717, 1.165) is 23.3 Å². The van der Waals surface area contributed by atoms with Crippen LogP contribution in [0, 0.1) is 11.8 Å². The third-order valence-corrected chi connectivity index (χ3v) is 7.59. The fourth-order valence-electron chi connectivity index (χ4n) is 5.64. The molecule has 0 radical (unpaired) electrons. The third-order valence-electron chi connectivity index (χ3n) is 7.59. The van der Waals surface area contributed by atoms with Gasteiger partial charge in [-0.25, -0.2) is 0 Å². The first-order valence-electron chi connectivity index (χ1n) is 11.8. The fraction of sp³-hybridized carbons (Fsp3) is 0.560. The first kappa shape index (κ1) is 24.2. The van der Waals surface area contributed by atoms with Crippen molar-refractivity contribution in [2.24, 2.45) is 11.8 Å². The number of piperidine rings is 1. The van der Waals surface area contributed by atoms with Gasteiger partial charge in [-0.2, -0.15) is 0 Å². The number of nitrogens with zero attached hydrogens (tertiary/aromatic N) is 1. The Labute approximate surface area is 203 Å².